The molecular weight excluding hydrogens is 329 g/mol. The number of rotatable bonds is 5. The summed E-state index contributed by atoms with van der Waals surface area (Å²) in [5.41, 5.74) is 0.0507. The lowest BCUT2D eigenvalue weighted by molar-refractivity contribution is -0.125. The van der Waals surface area contributed by atoms with Gasteiger partial charge in [-0.15, -0.1) is 0 Å². The first kappa shape index (κ1) is 16.6. The molecule has 0 bridgehead atoms. The highest BCUT2D eigenvalue weighted by Crippen LogP contribution is 2.18. The fourth-order valence-corrected chi connectivity index (χ4v) is 1.73. The highest BCUT2D eigenvalue weighted by molar-refractivity contribution is 9.10. The van der Waals surface area contributed by atoms with E-state index in [1.165, 1.54) is 12.1 Å². The minimum atomic E-state index is -0.747. The predicted molar refractivity (Wildman–Crippen MR) is 76.8 cm³/mol. The Labute approximate surface area is 125 Å². The molecule has 0 unspecified atom stereocenters. The lowest BCUT2D eigenvalue weighted by Crippen LogP contribution is -2.38. The largest absolute Gasteiger partial charge is 0.452 e. The number of esters is 1. The van der Waals surface area contributed by atoms with Crippen LogP contribution in [0.3, 0.4) is 0 Å². The van der Waals surface area contributed by atoms with Crippen molar-refractivity contribution in [3.05, 3.63) is 34.1 Å². The SMILES string of the molecule is CC(C)[C@H](C)NC(=O)COC(=O)c1cc(F)ccc1Br. The summed E-state index contributed by atoms with van der Waals surface area (Å²) in [5, 5.41) is 2.71. The molecule has 1 amide bonds. The summed E-state index contributed by atoms with van der Waals surface area (Å²) < 4.78 is 18.3. The van der Waals surface area contributed by atoms with Gasteiger partial charge in [-0.05, 0) is 47.0 Å². The Kier molecular flexibility index (Phi) is 6.13. The van der Waals surface area contributed by atoms with Crippen molar-refractivity contribution in [1.82, 2.24) is 5.32 Å². The molecule has 0 heterocycles. The maximum absolute atomic E-state index is 13.1. The fraction of sp³-hybridized carbons (Fsp3) is 0.429. The van der Waals surface area contributed by atoms with Crippen molar-refractivity contribution >= 4 is 27.8 Å². The summed E-state index contributed by atoms with van der Waals surface area (Å²) >= 11 is 3.13. The van der Waals surface area contributed by atoms with Crippen LogP contribution in [-0.4, -0.2) is 24.5 Å². The number of benzene rings is 1. The summed E-state index contributed by atoms with van der Waals surface area (Å²) in [7, 11) is 0. The molecule has 6 heteroatoms. The third-order valence-electron chi connectivity index (χ3n) is 2.87. The van der Waals surface area contributed by atoms with Crippen LogP contribution in [0.25, 0.3) is 0 Å². The molecule has 0 aliphatic carbocycles. The van der Waals surface area contributed by atoms with Gasteiger partial charge in [0.2, 0.25) is 0 Å². The number of carbonyl (C=O) groups is 2. The number of carbonyl (C=O) groups excluding carboxylic acids is 2. The molecule has 4 nitrogen and oxygen atoms in total. The van der Waals surface area contributed by atoms with Crippen LogP contribution in [0.1, 0.15) is 31.1 Å². The summed E-state index contributed by atoms with van der Waals surface area (Å²) in [6.07, 6.45) is 0. The molecule has 0 spiro atoms. The predicted octanol–water partition coefficient (Wildman–Crippen LogP) is 2.91. The normalized spacial score (nSPS) is 12.1. The van der Waals surface area contributed by atoms with Crippen molar-refractivity contribution in [2.75, 3.05) is 6.61 Å². The molecule has 1 atom stereocenters. The van der Waals surface area contributed by atoms with Gasteiger partial charge in [-0.3, -0.25) is 4.79 Å². The molecule has 0 saturated carbocycles. The van der Waals surface area contributed by atoms with Crippen LogP contribution in [0, 0.1) is 11.7 Å². The number of ether oxygens (including phenoxy) is 1. The minimum Gasteiger partial charge on any atom is -0.452 e. The van der Waals surface area contributed by atoms with Crippen LogP contribution in [0.2, 0.25) is 0 Å². The first-order valence-electron chi connectivity index (χ1n) is 6.22. The second-order valence-electron chi connectivity index (χ2n) is 4.80. The van der Waals surface area contributed by atoms with Gasteiger partial charge in [0, 0.05) is 10.5 Å². The molecule has 110 valence electrons. The van der Waals surface area contributed by atoms with E-state index in [9.17, 15) is 14.0 Å². The zero-order valence-electron chi connectivity index (χ0n) is 11.6. The number of nitrogens with one attached hydrogen (secondary N) is 1. The molecule has 0 aromatic heterocycles. The number of hydrogen-bond acceptors (Lipinski definition) is 3. The molecule has 0 aliphatic heterocycles. The van der Waals surface area contributed by atoms with Gasteiger partial charge >= 0.3 is 5.97 Å². The topological polar surface area (TPSA) is 55.4 Å². The summed E-state index contributed by atoms with van der Waals surface area (Å²) in [6.45, 7) is 5.42. The zero-order chi connectivity index (χ0) is 15.3. The Hall–Kier alpha value is -1.43. The number of halogens is 2. The maximum Gasteiger partial charge on any atom is 0.339 e. The van der Waals surface area contributed by atoms with Crippen LogP contribution in [-0.2, 0) is 9.53 Å². The molecule has 20 heavy (non-hydrogen) atoms. The maximum atomic E-state index is 13.1. The van der Waals surface area contributed by atoms with Gasteiger partial charge in [0.1, 0.15) is 5.82 Å². The Morgan fingerprint density at radius 2 is 2.00 bits per heavy atom. The molecular formula is C14H17BrFNO3. The van der Waals surface area contributed by atoms with E-state index in [4.69, 9.17) is 4.74 Å². The molecule has 0 saturated heterocycles. The van der Waals surface area contributed by atoms with Gasteiger partial charge in [-0.2, -0.15) is 0 Å². The van der Waals surface area contributed by atoms with Gasteiger partial charge < -0.3 is 10.1 Å². The van der Waals surface area contributed by atoms with Crippen molar-refractivity contribution in [3.63, 3.8) is 0 Å². The van der Waals surface area contributed by atoms with Crippen molar-refractivity contribution in [2.24, 2.45) is 5.92 Å². The van der Waals surface area contributed by atoms with Crippen molar-refractivity contribution in [2.45, 2.75) is 26.8 Å². The van der Waals surface area contributed by atoms with Gasteiger partial charge in [0.25, 0.3) is 5.91 Å². The van der Waals surface area contributed by atoms with E-state index >= 15 is 0 Å². The molecule has 1 N–H and O–H groups in total. The van der Waals surface area contributed by atoms with E-state index in [1.54, 1.807) is 0 Å². The number of hydrogen-bond donors (Lipinski definition) is 1. The van der Waals surface area contributed by atoms with Crippen LogP contribution in [0.4, 0.5) is 4.39 Å². The average molecular weight is 346 g/mol. The molecule has 1 aromatic rings. The van der Waals surface area contributed by atoms with Crippen LogP contribution >= 0.6 is 15.9 Å². The minimum absolute atomic E-state index is 0.0119. The Bertz CT molecular complexity index is 505. The van der Waals surface area contributed by atoms with Gasteiger partial charge in [0.05, 0.1) is 5.56 Å². The quantitative estimate of drug-likeness (QED) is 0.834. The lowest BCUT2D eigenvalue weighted by Gasteiger charge is -2.17. The second-order valence-corrected chi connectivity index (χ2v) is 5.65. The molecule has 0 fully saturated rings. The van der Waals surface area contributed by atoms with E-state index in [0.717, 1.165) is 6.07 Å². The summed E-state index contributed by atoms with van der Waals surface area (Å²) in [4.78, 5) is 23.3. The average Bonchev–Trinajstić information content (AvgIpc) is 2.38. The Morgan fingerprint density at radius 3 is 2.60 bits per heavy atom. The first-order valence-corrected chi connectivity index (χ1v) is 7.02. The van der Waals surface area contributed by atoms with E-state index in [1.807, 2.05) is 20.8 Å². The summed E-state index contributed by atoms with van der Waals surface area (Å²) in [5.74, 6) is -1.39. The van der Waals surface area contributed by atoms with Crippen LogP contribution in [0.15, 0.2) is 22.7 Å². The zero-order valence-corrected chi connectivity index (χ0v) is 13.2. The highest BCUT2D eigenvalue weighted by Gasteiger charge is 2.16. The molecule has 0 radical (unpaired) electrons. The summed E-state index contributed by atoms with van der Waals surface area (Å²) in [6, 6.07) is 3.67. The second kappa shape index (κ2) is 7.38. The van der Waals surface area contributed by atoms with E-state index in [0.29, 0.717) is 4.47 Å². The molecule has 1 rings (SSSR count). The first-order chi connectivity index (χ1) is 9.31. The molecule has 0 aliphatic rings. The third-order valence-corrected chi connectivity index (χ3v) is 3.56. The van der Waals surface area contributed by atoms with E-state index in [2.05, 4.69) is 21.2 Å². The van der Waals surface area contributed by atoms with Gasteiger partial charge in [-0.25, -0.2) is 9.18 Å². The van der Waals surface area contributed by atoms with Gasteiger partial charge in [0.15, 0.2) is 6.61 Å². The van der Waals surface area contributed by atoms with Crippen molar-refractivity contribution in [1.29, 1.82) is 0 Å². The standard InChI is InChI=1S/C14H17BrFNO3/c1-8(2)9(3)17-13(18)7-20-14(19)11-6-10(16)4-5-12(11)15/h4-6,8-9H,7H2,1-3H3,(H,17,18)/t9-/m0/s1. The Morgan fingerprint density at radius 1 is 1.35 bits per heavy atom. The van der Waals surface area contributed by atoms with Crippen LogP contribution in [0.5, 0.6) is 0 Å². The van der Waals surface area contributed by atoms with Crippen molar-refractivity contribution < 1.29 is 18.7 Å². The fourth-order valence-electron chi connectivity index (χ4n) is 1.33. The third kappa shape index (κ3) is 4.92. The lowest BCUT2D eigenvalue weighted by atomic mass is 10.1. The highest BCUT2D eigenvalue weighted by atomic mass is 79.9. The van der Waals surface area contributed by atoms with Crippen LogP contribution < -0.4 is 5.32 Å². The number of amides is 1. The monoisotopic (exact) mass is 345 g/mol. The molecule has 1 aromatic carbocycles. The van der Waals surface area contributed by atoms with E-state index in [-0.39, 0.29) is 23.4 Å². The smallest absolute Gasteiger partial charge is 0.339 e. The van der Waals surface area contributed by atoms with E-state index < -0.39 is 18.4 Å². The van der Waals surface area contributed by atoms with Crippen molar-refractivity contribution in [3.8, 4) is 0 Å². The Balaban J connectivity index is 2.55. The van der Waals surface area contributed by atoms with Gasteiger partial charge in [-0.1, -0.05) is 13.8 Å².